The van der Waals surface area contributed by atoms with Crippen LogP contribution < -0.4 is 10.1 Å². The number of carbonyl (C=O) groups is 1. The number of nitrogens with zero attached hydrogens (tertiary/aromatic N) is 2. The third-order valence-electron chi connectivity index (χ3n) is 7.07. The van der Waals surface area contributed by atoms with Crippen LogP contribution in [-0.2, 0) is 0 Å². The van der Waals surface area contributed by atoms with Crippen LogP contribution >= 0.6 is 11.6 Å². The number of anilines is 1. The number of hydrogen-bond donors (Lipinski definition) is 2. The van der Waals surface area contributed by atoms with E-state index in [4.69, 9.17) is 16.3 Å². The van der Waals surface area contributed by atoms with Crippen molar-refractivity contribution in [2.24, 2.45) is 11.8 Å². The molecule has 2 N–H and O–H groups in total. The Morgan fingerprint density at radius 2 is 1.94 bits per heavy atom. The highest BCUT2D eigenvalue weighted by molar-refractivity contribution is 6.32. The van der Waals surface area contributed by atoms with E-state index in [-0.39, 0.29) is 22.5 Å². The van der Waals surface area contributed by atoms with Gasteiger partial charge < -0.3 is 20.1 Å². The number of pyridine rings is 1. The zero-order valence-corrected chi connectivity index (χ0v) is 20.4. The average molecular weight is 480 g/mol. The molecular weight excluding hydrogens is 450 g/mol. The SMILES string of the molecule is COc1cc(-c2ccc3ncc(C(=O)C4CC4)c(NCC4CCN(C)CC4)c3c2)cc(Cl)c1O. The number of methoxy groups -OCH3 is 1. The number of ether oxygens (including phenoxy) is 1. The number of phenolic OH excluding ortho intramolecular Hbond substituents is 1. The maximum absolute atomic E-state index is 13.1. The van der Waals surface area contributed by atoms with Crippen LogP contribution in [0.4, 0.5) is 5.69 Å². The lowest BCUT2D eigenvalue weighted by atomic mass is 9.95. The first-order valence-electron chi connectivity index (χ1n) is 11.9. The molecule has 34 heavy (non-hydrogen) atoms. The topological polar surface area (TPSA) is 74.7 Å². The lowest BCUT2D eigenvalue weighted by molar-refractivity contribution is 0.0968. The van der Waals surface area contributed by atoms with E-state index in [2.05, 4.69) is 22.2 Å². The molecule has 3 aromatic rings. The molecule has 0 spiro atoms. The Bertz CT molecular complexity index is 1230. The Morgan fingerprint density at radius 3 is 2.65 bits per heavy atom. The third kappa shape index (κ3) is 4.57. The number of aromatic hydroxyl groups is 1. The summed E-state index contributed by atoms with van der Waals surface area (Å²) in [5.41, 5.74) is 4.12. The molecule has 2 heterocycles. The van der Waals surface area contributed by atoms with Gasteiger partial charge in [-0.1, -0.05) is 17.7 Å². The fourth-order valence-corrected chi connectivity index (χ4v) is 4.93. The lowest BCUT2D eigenvalue weighted by Gasteiger charge is -2.29. The largest absolute Gasteiger partial charge is 0.503 e. The van der Waals surface area contributed by atoms with Crippen LogP contribution in [0.1, 0.15) is 36.0 Å². The van der Waals surface area contributed by atoms with Crippen LogP contribution in [0, 0.1) is 11.8 Å². The van der Waals surface area contributed by atoms with Crippen molar-refractivity contribution in [1.29, 1.82) is 0 Å². The van der Waals surface area contributed by atoms with E-state index in [1.807, 2.05) is 18.2 Å². The van der Waals surface area contributed by atoms with Crippen molar-refractivity contribution in [3.05, 3.63) is 47.1 Å². The molecule has 178 valence electrons. The molecule has 2 aromatic carbocycles. The van der Waals surface area contributed by atoms with E-state index in [9.17, 15) is 9.90 Å². The van der Waals surface area contributed by atoms with Crippen molar-refractivity contribution < 1.29 is 14.6 Å². The minimum absolute atomic E-state index is 0.0758. The average Bonchev–Trinajstić information content (AvgIpc) is 3.70. The standard InChI is InChI=1S/C27H30ClN3O3/c1-31-9-7-16(8-10-31)14-30-25-20-11-18(19-12-22(28)27(33)24(13-19)34-2)5-6-23(20)29-15-21(25)26(32)17-3-4-17/h5-6,11-13,15-17,33H,3-4,7-10,14H2,1-2H3,(H,29,30). The molecule has 6 nitrogen and oxygen atoms in total. The number of aromatic nitrogens is 1. The van der Waals surface area contributed by atoms with E-state index in [0.717, 1.165) is 73.0 Å². The number of likely N-dealkylation sites (tertiary alicyclic amines) is 1. The van der Waals surface area contributed by atoms with E-state index in [0.29, 0.717) is 17.2 Å². The first kappa shape index (κ1) is 22.9. The highest BCUT2D eigenvalue weighted by Gasteiger charge is 2.32. The fraction of sp³-hybridized carbons (Fsp3) is 0.407. The maximum Gasteiger partial charge on any atom is 0.176 e. The van der Waals surface area contributed by atoms with Gasteiger partial charge in [-0.3, -0.25) is 9.78 Å². The number of ketones is 1. The van der Waals surface area contributed by atoms with Gasteiger partial charge in [0.05, 0.1) is 28.9 Å². The molecule has 0 radical (unpaired) electrons. The summed E-state index contributed by atoms with van der Waals surface area (Å²) in [6, 6.07) is 9.47. The molecule has 1 aromatic heterocycles. The number of carbonyl (C=O) groups excluding carboxylic acids is 1. The van der Waals surface area contributed by atoms with Gasteiger partial charge in [0.25, 0.3) is 0 Å². The summed E-state index contributed by atoms with van der Waals surface area (Å²) in [7, 11) is 3.67. The summed E-state index contributed by atoms with van der Waals surface area (Å²) in [6.45, 7) is 3.04. The molecule has 1 saturated heterocycles. The van der Waals surface area contributed by atoms with E-state index in [1.165, 1.54) is 7.11 Å². The number of Topliss-reactive ketones (excluding diaryl/α,β-unsaturated/α-hetero) is 1. The van der Waals surface area contributed by atoms with E-state index < -0.39 is 0 Å². The molecule has 1 aliphatic heterocycles. The summed E-state index contributed by atoms with van der Waals surface area (Å²) in [6.07, 6.45) is 5.94. The number of nitrogens with one attached hydrogen (secondary N) is 1. The molecule has 0 amide bonds. The minimum Gasteiger partial charge on any atom is -0.503 e. The molecule has 5 rings (SSSR count). The predicted octanol–water partition coefficient (Wildman–Crippen LogP) is 5.62. The number of benzene rings is 2. The zero-order chi connectivity index (χ0) is 23.8. The van der Waals surface area contributed by atoms with Crippen LogP contribution in [0.25, 0.3) is 22.0 Å². The monoisotopic (exact) mass is 479 g/mol. The first-order valence-corrected chi connectivity index (χ1v) is 12.3. The van der Waals surface area contributed by atoms with Crippen molar-refractivity contribution in [2.45, 2.75) is 25.7 Å². The van der Waals surface area contributed by atoms with Gasteiger partial charge in [0.1, 0.15) is 0 Å². The molecule has 0 atom stereocenters. The van der Waals surface area contributed by atoms with Gasteiger partial charge in [-0.2, -0.15) is 0 Å². The van der Waals surface area contributed by atoms with Gasteiger partial charge >= 0.3 is 0 Å². The predicted molar refractivity (Wildman–Crippen MR) is 136 cm³/mol. The summed E-state index contributed by atoms with van der Waals surface area (Å²) in [5, 5.41) is 14.9. The Morgan fingerprint density at radius 1 is 1.18 bits per heavy atom. The lowest BCUT2D eigenvalue weighted by Crippen LogP contribution is -2.33. The van der Waals surface area contributed by atoms with Gasteiger partial charge in [0.2, 0.25) is 0 Å². The van der Waals surface area contributed by atoms with Crippen LogP contribution in [0.3, 0.4) is 0 Å². The Labute approximate surface area is 204 Å². The summed E-state index contributed by atoms with van der Waals surface area (Å²) in [4.78, 5) is 20.1. The zero-order valence-electron chi connectivity index (χ0n) is 19.6. The number of rotatable bonds is 7. The molecular formula is C27H30ClN3O3. The highest BCUT2D eigenvalue weighted by atomic mass is 35.5. The molecule has 2 aliphatic rings. The first-order chi connectivity index (χ1) is 16.4. The van der Waals surface area contributed by atoms with E-state index >= 15 is 0 Å². The van der Waals surface area contributed by atoms with Crippen molar-refractivity contribution in [2.75, 3.05) is 39.1 Å². The molecule has 7 heteroatoms. The highest BCUT2D eigenvalue weighted by Crippen LogP contribution is 2.41. The van der Waals surface area contributed by atoms with Gasteiger partial charge in [-0.25, -0.2) is 0 Å². The van der Waals surface area contributed by atoms with Crippen LogP contribution in [0.2, 0.25) is 5.02 Å². The van der Waals surface area contributed by atoms with Crippen LogP contribution in [0.5, 0.6) is 11.5 Å². The Hall–Kier alpha value is -2.83. The smallest absolute Gasteiger partial charge is 0.176 e. The summed E-state index contributed by atoms with van der Waals surface area (Å²) >= 11 is 6.25. The number of piperidine rings is 1. The molecule has 0 bridgehead atoms. The third-order valence-corrected chi connectivity index (χ3v) is 7.36. The minimum atomic E-state index is -0.0758. The summed E-state index contributed by atoms with van der Waals surface area (Å²) in [5.74, 6) is 1.12. The van der Waals surface area contributed by atoms with Gasteiger partial charge in [0, 0.05) is 24.0 Å². The van der Waals surface area contributed by atoms with Crippen molar-refractivity contribution in [1.82, 2.24) is 9.88 Å². The summed E-state index contributed by atoms with van der Waals surface area (Å²) < 4.78 is 5.29. The second kappa shape index (κ2) is 9.43. The van der Waals surface area contributed by atoms with Gasteiger partial charge in [-0.05, 0) is 87.1 Å². The number of halogens is 1. The van der Waals surface area contributed by atoms with Gasteiger partial charge in [-0.15, -0.1) is 0 Å². The van der Waals surface area contributed by atoms with Crippen LogP contribution in [-0.4, -0.2) is 54.6 Å². The van der Waals surface area contributed by atoms with Crippen molar-refractivity contribution in [3.63, 3.8) is 0 Å². The number of phenols is 1. The van der Waals surface area contributed by atoms with Crippen LogP contribution in [0.15, 0.2) is 36.5 Å². The maximum atomic E-state index is 13.1. The quantitative estimate of drug-likeness (QED) is 0.429. The van der Waals surface area contributed by atoms with E-state index in [1.54, 1.807) is 18.3 Å². The van der Waals surface area contributed by atoms with Crippen molar-refractivity contribution >= 4 is 34.0 Å². The van der Waals surface area contributed by atoms with Gasteiger partial charge in [0.15, 0.2) is 17.3 Å². The normalized spacial score (nSPS) is 17.1. The molecule has 2 fully saturated rings. The number of hydrogen-bond acceptors (Lipinski definition) is 6. The second-order valence-corrected chi connectivity index (χ2v) is 9.96. The number of fused-ring (bicyclic) bond motifs is 1. The van der Waals surface area contributed by atoms with Crippen molar-refractivity contribution in [3.8, 4) is 22.6 Å². The molecule has 1 aliphatic carbocycles. The Kier molecular flexibility index (Phi) is 6.36. The molecule has 0 unspecified atom stereocenters. The molecule has 1 saturated carbocycles. The second-order valence-electron chi connectivity index (χ2n) is 9.55. The fourth-order valence-electron chi connectivity index (χ4n) is 4.72. The Balaban J connectivity index is 1.56.